The van der Waals surface area contributed by atoms with Crippen LogP contribution in [0.3, 0.4) is 0 Å². The molecule has 0 unspecified atom stereocenters. The van der Waals surface area contributed by atoms with Crippen LogP contribution in [0.15, 0.2) is 96.1 Å². The van der Waals surface area contributed by atoms with Gasteiger partial charge >= 0.3 is 5.97 Å². The number of benzene rings is 3. The van der Waals surface area contributed by atoms with Gasteiger partial charge in [0.1, 0.15) is 6.61 Å². The number of piperidine rings is 1. The standard InChI is InChI=1S/C37H37ClN2O4/c1-26-21-34(41)40(35(26)42)33-14-6-5-13-31(33)36(43)44-25-37-19-7-12-29(32(37)22-28-15-17-30(38)18-16-28)23-39(24-37)20-8-11-27-9-3-2-4-10-27/h2-6,9-10,13-18,21-22,29H,7-8,11-12,19-20,23-25H2,1H3/t29-,37+/m1/s1. The number of carbonyl (C=O) groups excluding carboxylic acids is 3. The summed E-state index contributed by atoms with van der Waals surface area (Å²) in [5.74, 6) is -1.04. The number of esters is 1. The van der Waals surface area contributed by atoms with E-state index >= 15 is 0 Å². The second kappa shape index (κ2) is 12.9. The van der Waals surface area contributed by atoms with Crippen molar-refractivity contribution in [2.45, 2.75) is 39.0 Å². The highest BCUT2D eigenvalue weighted by Crippen LogP contribution is 2.49. The van der Waals surface area contributed by atoms with E-state index in [9.17, 15) is 14.4 Å². The first-order valence-corrected chi connectivity index (χ1v) is 15.8. The number of hydrogen-bond acceptors (Lipinski definition) is 5. The Morgan fingerprint density at radius 3 is 2.52 bits per heavy atom. The van der Waals surface area contributed by atoms with E-state index in [2.05, 4.69) is 35.2 Å². The molecule has 44 heavy (non-hydrogen) atoms. The van der Waals surface area contributed by atoms with Crippen LogP contribution in [0, 0.1) is 11.3 Å². The number of likely N-dealkylation sites (tertiary alicyclic amines) is 1. The molecular weight excluding hydrogens is 572 g/mol. The number of nitrogens with zero attached hydrogens (tertiary/aromatic N) is 2. The molecule has 6 rings (SSSR count). The minimum Gasteiger partial charge on any atom is -0.461 e. The number of carbonyl (C=O) groups is 3. The van der Waals surface area contributed by atoms with E-state index < -0.39 is 17.8 Å². The number of para-hydroxylation sites is 1. The number of halogens is 1. The summed E-state index contributed by atoms with van der Waals surface area (Å²) in [7, 11) is 0. The summed E-state index contributed by atoms with van der Waals surface area (Å²) in [6, 6.07) is 25.1. The van der Waals surface area contributed by atoms with Gasteiger partial charge in [0.05, 0.1) is 11.3 Å². The molecule has 0 aromatic heterocycles. The molecule has 6 nitrogen and oxygen atoms in total. The molecule has 3 aliphatic rings. The summed E-state index contributed by atoms with van der Waals surface area (Å²) >= 11 is 6.18. The smallest absolute Gasteiger partial charge is 0.340 e. The molecule has 2 fully saturated rings. The van der Waals surface area contributed by atoms with Crippen molar-refractivity contribution in [3.8, 4) is 0 Å². The Hall–Kier alpha value is -4.00. The normalized spacial score (nSPS) is 22.8. The third-order valence-corrected chi connectivity index (χ3v) is 9.44. The lowest BCUT2D eigenvalue weighted by atomic mass is 9.62. The number of fused-ring (bicyclic) bond motifs is 2. The maximum absolute atomic E-state index is 13.7. The topological polar surface area (TPSA) is 66.9 Å². The molecular formula is C37H37ClN2O4. The summed E-state index contributed by atoms with van der Waals surface area (Å²) < 4.78 is 6.16. The fraction of sp³-hybridized carbons (Fsp3) is 0.324. The molecule has 0 radical (unpaired) electrons. The number of ether oxygens (including phenoxy) is 1. The van der Waals surface area contributed by atoms with Crippen LogP contribution in [0.5, 0.6) is 0 Å². The Balaban J connectivity index is 1.25. The van der Waals surface area contributed by atoms with Crippen LogP contribution in [0.4, 0.5) is 5.69 Å². The van der Waals surface area contributed by atoms with Gasteiger partial charge in [-0.3, -0.25) is 9.59 Å². The van der Waals surface area contributed by atoms with E-state index in [0.717, 1.165) is 62.2 Å². The molecule has 2 aliphatic heterocycles. The van der Waals surface area contributed by atoms with E-state index in [1.165, 1.54) is 17.2 Å². The first-order valence-electron chi connectivity index (χ1n) is 15.4. The van der Waals surface area contributed by atoms with Gasteiger partial charge in [0.15, 0.2) is 0 Å². The number of imide groups is 1. The minimum absolute atomic E-state index is 0.208. The lowest BCUT2D eigenvalue weighted by Crippen LogP contribution is -2.53. The molecule has 2 bridgehead atoms. The molecule has 0 spiro atoms. The highest BCUT2D eigenvalue weighted by molar-refractivity contribution is 6.31. The van der Waals surface area contributed by atoms with Crippen LogP contribution in [0.1, 0.15) is 54.1 Å². The number of rotatable bonds is 9. The van der Waals surface area contributed by atoms with Crippen molar-refractivity contribution in [1.82, 2.24) is 4.90 Å². The Morgan fingerprint density at radius 2 is 1.77 bits per heavy atom. The monoisotopic (exact) mass is 608 g/mol. The first-order chi connectivity index (χ1) is 21.3. The zero-order valence-corrected chi connectivity index (χ0v) is 25.8. The van der Waals surface area contributed by atoms with Gasteiger partial charge in [-0.25, -0.2) is 9.69 Å². The van der Waals surface area contributed by atoms with E-state index in [0.29, 0.717) is 16.5 Å². The molecule has 7 heteroatoms. The van der Waals surface area contributed by atoms with Crippen molar-refractivity contribution in [3.63, 3.8) is 0 Å². The second-order valence-electron chi connectivity index (χ2n) is 12.2. The van der Waals surface area contributed by atoms with Gasteiger partial charge in [0, 0.05) is 35.2 Å². The third kappa shape index (κ3) is 6.28. The average Bonchev–Trinajstić information content (AvgIpc) is 3.28. The predicted octanol–water partition coefficient (Wildman–Crippen LogP) is 7.13. The Kier molecular flexibility index (Phi) is 8.83. The van der Waals surface area contributed by atoms with Crippen molar-refractivity contribution in [1.29, 1.82) is 0 Å². The summed E-state index contributed by atoms with van der Waals surface area (Å²) in [5.41, 5.74) is 4.23. The average molecular weight is 609 g/mol. The zero-order valence-electron chi connectivity index (χ0n) is 25.0. The van der Waals surface area contributed by atoms with Crippen molar-refractivity contribution in [2.24, 2.45) is 11.3 Å². The number of amides is 2. The molecule has 3 aromatic carbocycles. The molecule has 2 atom stereocenters. The second-order valence-corrected chi connectivity index (χ2v) is 12.7. The maximum atomic E-state index is 13.7. The van der Waals surface area contributed by atoms with E-state index in [4.69, 9.17) is 16.3 Å². The maximum Gasteiger partial charge on any atom is 0.340 e. The van der Waals surface area contributed by atoms with Gasteiger partial charge in [-0.15, -0.1) is 0 Å². The van der Waals surface area contributed by atoms with E-state index in [1.54, 1.807) is 31.2 Å². The van der Waals surface area contributed by atoms with Gasteiger partial charge in [0.2, 0.25) is 0 Å². The van der Waals surface area contributed by atoms with Crippen molar-refractivity contribution < 1.29 is 19.1 Å². The Labute approximate surface area is 264 Å². The summed E-state index contributed by atoms with van der Waals surface area (Å²) in [6.45, 7) is 4.59. The molecule has 0 N–H and O–H groups in total. The van der Waals surface area contributed by atoms with Gasteiger partial charge in [0.25, 0.3) is 11.8 Å². The third-order valence-electron chi connectivity index (χ3n) is 9.18. The fourth-order valence-corrected chi connectivity index (χ4v) is 7.18. The lowest BCUT2D eigenvalue weighted by Gasteiger charge is -2.51. The van der Waals surface area contributed by atoms with Crippen LogP contribution in [-0.4, -0.2) is 48.9 Å². The molecule has 3 aromatic rings. The van der Waals surface area contributed by atoms with Crippen LogP contribution >= 0.6 is 11.6 Å². The Morgan fingerprint density at radius 1 is 1.02 bits per heavy atom. The highest BCUT2D eigenvalue weighted by Gasteiger charge is 2.47. The SMILES string of the molecule is CC1=CC(=O)N(c2ccccc2C(=O)OC[C@]23CCC[C@H](CN(CCCc4ccccc4)C2)C3=Cc2ccc(Cl)cc2)C1=O. The van der Waals surface area contributed by atoms with Crippen LogP contribution in [-0.2, 0) is 20.7 Å². The van der Waals surface area contributed by atoms with Gasteiger partial charge in [-0.05, 0) is 80.5 Å². The Bertz CT molecular complexity index is 1610. The summed E-state index contributed by atoms with van der Waals surface area (Å²) in [5, 5.41) is 0.697. The van der Waals surface area contributed by atoms with Crippen molar-refractivity contribution >= 4 is 41.1 Å². The van der Waals surface area contributed by atoms with Crippen molar-refractivity contribution in [3.05, 3.63) is 118 Å². The van der Waals surface area contributed by atoms with E-state index in [-0.39, 0.29) is 23.3 Å². The number of anilines is 1. The summed E-state index contributed by atoms with van der Waals surface area (Å²) in [6.07, 6.45) is 8.74. The van der Waals surface area contributed by atoms with Crippen LogP contribution in [0.2, 0.25) is 5.02 Å². The first kappa shape index (κ1) is 30.0. The fourth-order valence-electron chi connectivity index (χ4n) is 7.06. The van der Waals surface area contributed by atoms with Crippen molar-refractivity contribution in [2.75, 3.05) is 31.1 Å². The van der Waals surface area contributed by atoms with E-state index in [1.807, 2.05) is 30.3 Å². The zero-order chi connectivity index (χ0) is 30.7. The highest BCUT2D eigenvalue weighted by atomic mass is 35.5. The minimum atomic E-state index is -0.533. The molecule has 1 saturated carbocycles. The molecule has 1 saturated heterocycles. The largest absolute Gasteiger partial charge is 0.461 e. The van der Waals surface area contributed by atoms with Gasteiger partial charge in [-0.1, -0.05) is 84.3 Å². The van der Waals surface area contributed by atoms with Gasteiger partial charge in [-0.2, -0.15) is 0 Å². The number of hydrogen-bond donors (Lipinski definition) is 0. The molecule has 1 aliphatic carbocycles. The van der Waals surface area contributed by atoms with Crippen LogP contribution < -0.4 is 4.90 Å². The summed E-state index contributed by atoms with van der Waals surface area (Å²) in [4.78, 5) is 42.7. The quantitative estimate of drug-likeness (QED) is 0.191. The lowest BCUT2D eigenvalue weighted by molar-refractivity contribution is -0.120. The molecule has 226 valence electrons. The van der Waals surface area contributed by atoms with Crippen LogP contribution in [0.25, 0.3) is 6.08 Å². The molecule has 2 heterocycles. The number of aryl methyl sites for hydroxylation is 1. The van der Waals surface area contributed by atoms with Gasteiger partial charge < -0.3 is 9.64 Å². The molecule has 2 amide bonds. The predicted molar refractivity (Wildman–Crippen MR) is 173 cm³/mol.